The highest BCUT2D eigenvalue weighted by atomic mass is 15.2. The molecule has 1 saturated heterocycles. The molecule has 0 aliphatic carbocycles. The number of hydrogen-bond acceptors (Lipinski definition) is 3. The maximum atomic E-state index is 8.45. The lowest BCUT2D eigenvalue weighted by Gasteiger charge is -2.41. The molecule has 1 aliphatic heterocycles. The van der Waals surface area contributed by atoms with Crippen LogP contribution < -0.4 is 5.32 Å². The van der Waals surface area contributed by atoms with Gasteiger partial charge in [0.15, 0.2) is 0 Å². The third kappa shape index (κ3) is 4.19. The van der Waals surface area contributed by atoms with E-state index in [-0.39, 0.29) is 0 Å². The standard InChI is InChI=1S/C12H23N3/c1-12(2,3)15-9-5-11(6-10-15)14-8-4-7-13/h11,14H,4-6,8-10H2,1-3H3. The van der Waals surface area contributed by atoms with Crippen LogP contribution in [0.4, 0.5) is 0 Å². The van der Waals surface area contributed by atoms with Gasteiger partial charge in [-0.15, -0.1) is 0 Å². The van der Waals surface area contributed by atoms with Gasteiger partial charge in [-0.05, 0) is 33.6 Å². The van der Waals surface area contributed by atoms with Gasteiger partial charge in [0, 0.05) is 37.6 Å². The molecule has 0 aromatic carbocycles. The molecule has 1 heterocycles. The molecule has 0 radical (unpaired) electrons. The van der Waals surface area contributed by atoms with Gasteiger partial charge in [-0.2, -0.15) is 5.26 Å². The van der Waals surface area contributed by atoms with Crippen LogP contribution in [0.25, 0.3) is 0 Å². The largest absolute Gasteiger partial charge is 0.313 e. The van der Waals surface area contributed by atoms with Gasteiger partial charge in [-0.1, -0.05) is 0 Å². The van der Waals surface area contributed by atoms with E-state index in [9.17, 15) is 0 Å². The van der Waals surface area contributed by atoms with E-state index >= 15 is 0 Å². The van der Waals surface area contributed by atoms with Gasteiger partial charge in [-0.3, -0.25) is 4.90 Å². The summed E-state index contributed by atoms with van der Waals surface area (Å²) < 4.78 is 0. The second-order valence-corrected chi connectivity index (χ2v) is 5.29. The zero-order chi connectivity index (χ0) is 11.3. The van der Waals surface area contributed by atoms with Crippen LogP contribution in [-0.4, -0.2) is 36.1 Å². The molecule has 0 saturated carbocycles. The Balaban J connectivity index is 2.22. The monoisotopic (exact) mass is 209 g/mol. The zero-order valence-electron chi connectivity index (χ0n) is 10.2. The zero-order valence-corrected chi connectivity index (χ0v) is 10.2. The Bertz CT molecular complexity index is 216. The Hall–Kier alpha value is -0.590. The fraction of sp³-hybridized carbons (Fsp3) is 0.917. The molecule has 3 heteroatoms. The van der Waals surface area contributed by atoms with E-state index in [2.05, 4.69) is 37.1 Å². The van der Waals surface area contributed by atoms with Gasteiger partial charge >= 0.3 is 0 Å². The van der Waals surface area contributed by atoms with Crippen molar-refractivity contribution in [1.82, 2.24) is 10.2 Å². The highest BCUT2D eigenvalue weighted by molar-refractivity contribution is 4.84. The Morgan fingerprint density at radius 1 is 1.33 bits per heavy atom. The lowest BCUT2D eigenvalue weighted by molar-refractivity contribution is 0.0965. The van der Waals surface area contributed by atoms with E-state index in [0.29, 0.717) is 18.0 Å². The quantitative estimate of drug-likeness (QED) is 0.720. The smallest absolute Gasteiger partial charge is 0.0635 e. The van der Waals surface area contributed by atoms with E-state index in [1.165, 1.54) is 25.9 Å². The van der Waals surface area contributed by atoms with Gasteiger partial charge in [-0.25, -0.2) is 0 Å². The third-order valence-corrected chi connectivity index (χ3v) is 3.11. The van der Waals surface area contributed by atoms with Crippen molar-refractivity contribution in [3.8, 4) is 6.07 Å². The molecule has 3 nitrogen and oxygen atoms in total. The SMILES string of the molecule is CC(C)(C)N1CCC(NCCC#N)CC1. The molecule has 1 aliphatic rings. The molecule has 0 bridgehead atoms. The van der Waals surface area contributed by atoms with Crippen LogP contribution >= 0.6 is 0 Å². The average Bonchev–Trinajstić information content (AvgIpc) is 2.18. The van der Waals surface area contributed by atoms with E-state index in [1.54, 1.807) is 0 Å². The Kier molecular flexibility index (Phi) is 4.56. The number of nitrogens with one attached hydrogen (secondary N) is 1. The summed E-state index contributed by atoms with van der Waals surface area (Å²) in [6.07, 6.45) is 3.05. The van der Waals surface area contributed by atoms with Crippen molar-refractivity contribution in [3.05, 3.63) is 0 Å². The summed E-state index contributed by atoms with van der Waals surface area (Å²) >= 11 is 0. The van der Waals surface area contributed by atoms with Crippen LogP contribution in [0.15, 0.2) is 0 Å². The van der Waals surface area contributed by atoms with Crippen molar-refractivity contribution in [2.45, 2.75) is 51.6 Å². The summed E-state index contributed by atoms with van der Waals surface area (Å²) in [6.45, 7) is 10.0. The van der Waals surface area contributed by atoms with E-state index in [4.69, 9.17) is 5.26 Å². The first-order valence-corrected chi connectivity index (χ1v) is 5.89. The minimum absolute atomic E-state index is 0.303. The van der Waals surface area contributed by atoms with Crippen molar-refractivity contribution in [2.24, 2.45) is 0 Å². The predicted molar refractivity (Wildman–Crippen MR) is 62.6 cm³/mol. The number of likely N-dealkylation sites (tertiary alicyclic amines) is 1. The number of rotatable bonds is 3. The van der Waals surface area contributed by atoms with Crippen molar-refractivity contribution in [2.75, 3.05) is 19.6 Å². The molecule has 1 rings (SSSR count). The Morgan fingerprint density at radius 3 is 2.40 bits per heavy atom. The van der Waals surface area contributed by atoms with Crippen molar-refractivity contribution in [1.29, 1.82) is 5.26 Å². The fourth-order valence-electron chi connectivity index (χ4n) is 2.09. The lowest BCUT2D eigenvalue weighted by Crippen LogP contribution is -2.50. The number of nitriles is 1. The first-order chi connectivity index (χ1) is 7.04. The van der Waals surface area contributed by atoms with Gasteiger partial charge in [0.1, 0.15) is 0 Å². The van der Waals surface area contributed by atoms with Crippen molar-refractivity contribution < 1.29 is 0 Å². The maximum absolute atomic E-state index is 8.45. The summed E-state index contributed by atoms with van der Waals surface area (Å²) in [5.74, 6) is 0. The van der Waals surface area contributed by atoms with E-state index in [0.717, 1.165) is 6.54 Å². The molecule has 86 valence electrons. The minimum atomic E-state index is 0.303. The Labute approximate surface area is 93.5 Å². The average molecular weight is 209 g/mol. The van der Waals surface area contributed by atoms with Crippen LogP contribution in [0.5, 0.6) is 0 Å². The highest BCUT2D eigenvalue weighted by Gasteiger charge is 2.26. The molecular weight excluding hydrogens is 186 g/mol. The third-order valence-electron chi connectivity index (χ3n) is 3.11. The number of hydrogen-bond donors (Lipinski definition) is 1. The van der Waals surface area contributed by atoms with Crippen molar-refractivity contribution >= 4 is 0 Å². The summed E-state index contributed by atoms with van der Waals surface area (Å²) in [4.78, 5) is 2.54. The molecule has 15 heavy (non-hydrogen) atoms. The van der Waals surface area contributed by atoms with E-state index < -0.39 is 0 Å². The van der Waals surface area contributed by atoms with Crippen LogP contribution in [0.3, 0.4) is 0 Å². The molecular formula is C12H23N3. The van der Waals surface area contributed by atoms with Crippen LogP contribution in [-0.2, 0) is 0 Å². The Morgan fingerprint density at radius 2 is 1.93 bits per heavy atom. The highest BCUT2D eigenvalue weighted by Crippen LogP contribution is 2.19. The molecule has 0 atom stereocenters. The molecule has 0 spiro atoms. The van der Waals surface area contributed by atoms with Gasteiger partial charge in [0.25, 0.3) is 0 Å². The van der Waals surface area contributed by atoms with Gasteiger partial charge < -0.3 is 5.32 Å². The first-order valence-electron chi connectivity index (χ1n) is 5.89. The molecule has 0 unspecified atom stereocenters. The van der Waals surface area contributed by atoms with Crippen LogP contribution in [0, 0.1) is 11.3 Å². The maximum Gasteiger partial charge on any atom is 0.0635 e. The van der Waals surface area contributed by atoms with Crippen LogP contribution in [0.1, 0.15) is 40.0 Å². The molecule has 0 aromatic rings. The predicted octanol–water partition coefficient (Wildman–Crippen LogP) is 1.75. The second-order valence-electron chi connectivity index (χ2n) is 5.29. The van der Waals surface area contributed by atoms with Gasteiger partial charge in [0.05, 0.1) is 6.07 Å². The van der Waals surface area contributed by atoms with Crippen molar-refractivity contribution in [3.63, 3.8) is 0 Å². The minimum Gasteiger partial charge on any atom is -0.313 e. The normalized spacial score (nSPS) is 20.1. The summed E-state index contributed by atoms with van der Waals surface area (Å²) in [6, 6.07) is 2.79. The number of piperidine rings is 1. The first kappa shape index (κ1) is 12.5. The second kappa shape index (κ2) is 5.48. The van der Waals surface area contributed by atoms with E-state index in [1.807, 2.05) is 0 Å². The molecule has 1 N–H and O–H groups in total. The molecule has 0 aromatic heterocycles. The number of nitrogens with zero attached hydrogens (tertiary/aromatic N) is 2. The summed E-state index contributed by atoms with van der Waals surface area (Å²) in [5, 5.41) is 11.9. The fourth-order valence-corrected chi connectivity index (χ4v) is 2.09. The van der Waals surface area contributed by atoms with Crippen LogP contribution in [0.2, 0.25) is 0 Å². The molecule has 0 amide bonds. The topological polar surface area (TPSA) is 39.1 Å². The van der Waals surface area contributed by atoms with Gasteiger partial charge in [0.2, 0.25) is 0 Å². The summed E-state index contributed by atoms with van der Waals surface area (Å²) in [7, 11) is 0. The molecule has 1 fully saturated rings. The lowest BCUT2D eigenvalue weighted by atomic mass is 9.98. The summed E-state index contributed by atoms with van der Waals surface area (Å²) in [5.41, 5.74) is 0.303.